The first kappa shape index (κ1) is 21.0. The summed E-state index contributed by atoms with van der Waals surface area (Å²) in [6, 6.07) is 10.6. The van der Waals surface area contributed by atoms with E-state index in [-0.39, 0.29) is 17.4 Å². The number of carbonyl (C=O) groups is 1. The molecule has 0 atom stereocenters. The Kier molecular flexibility index (Phi) is 6.98. The van der Waals surface area contributed by atoms with Crippen LogP contribution < -0.4 is 9.47 Å². The summed E-state index contributed by atoms with van der Waals surface area (Å²) in [5.74, 6) is -0.364. The first-order valence-corrected chi connectivity index (χ1v) is 9.35. The Bertz CT molecular complexity index is 848. The number of hydrogen-bond acceptors (Lipinski definition) is 4. The van der Waals surface area contributed by atoms with Crippen LogP contribution in [0.2, 0.25) is 0 Å². The van der Waals surface area contributed by atoms with Gasteiger partial charge in [-0.25, -0.2) is 4.39 Å². The highest BCUT2D eigenvalue weighted by Gasteiger charge is 2.21. The van der Waals surface area contributed by atoms with Gasteiger partial charge in [0.25, 0.3) is 5.91 Å². The molecule has 5 nitrogen and oxygen atoms in total. The molecule has 0 radical (unpaired) electrons. The second-order valence-corrected chi connectivity index (χ2v) is 6.80. The van der Waals surface area contributed by atoms with Gasteiger partial charge in [-0.3, -0.25) is 9.69 Å². The minimum Gasteiger partial charge on any atom is -0.493 e. The van der Waals surface area contributed by atoms with Crippen molar-refractivity contribution in [1.29, 1.82) is 0 Å². The molecule has 0 bridgehead atoms. The van der Waals surface area contributed by atoms with E-state index in [4.69, 9.17) is 4.74 Å². The van der Waals surface area contributed by atoms with Crippen molar-refractivity contribution >= 4 is 5.91 Å². The largest absolute Gasteiger partial charge is 0.493 e. The average Bonchev–Trinajstić information content (AvgIpc) is 2.93. The van der Waals surface area contributed by atoms with E-state index in [1.807, 2.05) is 0 Å². The summed E-state index contributed by atoms with van der Waals surface area (Å²) in [5.41, 5.74) is 1.24. The number of nitrogens with zero attached hydrogens (tertiary/aromatic N) is 2. The molecule has 1 saturated heterocycles. The molecule has 2 aromatic rings. The molecule has 0 aliphatic carbocycles. The predicted octanol–water partition coefficient (Wildman–Crippen LogP) is 3.78. The third kappa shape index (κ3) is 5.63. The number of ether oxygens (including phenoxy) is 2. The van der Waals surface area contributed by atoms with Crippen molar-refractivity contribution in [3.63, 3.8) is 0 Å². The molecule has 0 aromatic heterocycles. The minimum absolute atomic E-state index is 0.00557. The number of hydrogen-bond donors (Lipinski definition) is 0. The lowest BCUT2D eigenvalue weighted by Gasteiger charge is -2.22. The quantitative estimate of drug-likeness (QED) is 0.730. The smallest absolute Gasteiger partial charge is 0.387 e. The van der Waals surface area contributed by atoms with E-state index in [0.717, 1.165) is 18.5 Å². The van der Waals surface area contributed by atoms with Gasteiger partial charge in [0.2, 0.25) is 0 Å². The minimum atomic E-state index is -2.91. The van der Waals surface area contributed by atoms with Crippen molar-refractivity contribution < 1.29 is 27.4 Å². The number of alkyl halides is 2. The fraction of sp³-hybridized carbons (Fsp3) is 0.381. The van der Waals surface area contributed by atoms with Crippen LogP contribution in [0.15, 0.2) is 42.5 Å². The zero-order valence-electron chi connectivity index (χ0n) is 16.1. The van der Waals surface area contributed by atoms with E-state index in [1.54, 1.807) is 23.1 Å². The molecule has 1 heterocycles. The fourth-order valence-electron chi connectivity index (χ4n) is 3.40. The highest BCUT2D eigenvalue weighted by atomic mass is 19.3. The first-order chi connectivity index (χ1) is 14.0. The Morgan fingerprint density at radius 2 is 1.90 bits per heavy atom. The van der Waals surface area contributed by atoms with Crippen molar-refractivity contribution in [3.8, 4) is 11.5 Å². The summed E-state index contributed by atoms with van der Waals surface area (Å²) >= 11 is 0. The SMILES string of the molecule is COc1cc(CN2CCCN(C(=O)c3cccc(F)c3)CC2)ccc1OC(F)F. The Labute approximate surface area is 167 Å². The number of benzene rings is 2. The molecule has 0 unspecified atom stereocenters. The number of halogens is 3. The van der Waals surface area contributed by atoms with Crippen molar-refractivity contribution in [2.24, 2.45) is 0 Å². The van der Waals surface area contributed by atoms with Gasteiger partial charge in [-0.2, -0.15) is 8.78 Å². The van der Waals surface area contributed by atoms with Crippen molar-refractivity contribution in [1.82, 2.24) is 9.80 Å². The zero-order chi connectivity index (χ0) is 20.8. The molecule has 8 heteroatoms. The molecule has 1 amide bonds. The lowest BCUT2D eigenvalue weighted by molar-refractivity contribution is -0.0512. The van der Waals surface area contributed by atoms with Crippen LogP contribution in [0.1, 0.15) is 22.3 Å². The molecule has 3 rings (SSSR count). The van der Waals surface area contributed by atoms with Crippen LogP contribution in [0, 0.1) is 5.82 Å². The van der Waals surface area contributed by atoms with Gasteiger partial charge in [-0.1, -0.05) is 12.1 Å². The molecule has 0 saturated carbocycles. The van der Waals surface area contributed by atoms with Gasteiger partial charge in [0.05, 0.1) is 7.11 Å². The number of carbonyl (C=O) groups excluding carboxylic acids is 1. The number of methoxy groups -OCH3 is 1. The summed E-state index contributed by atoms with van der Waals surface area (Å²) < 4.78 is 47.9. The molecular formula is C21H23F3N2O3. The van der Waals surface area contributed by atoms with E-state index in [2.05, 4.69) is 9.64 Å². The van der Waals surface area contributed by atoms with Gasteiger partial charge >= 0.3 is 6.61 Å². The summed E-state index contributed by atoms with van der Waals surface area (Å²) in [5, 5.41) is 0. The molecule has 156 valence electrons. The van der Waals surface area contributed by atoms with Gasteiger partial charge in [-0.15, -0.1) is 0 Å². The van der Waals surface area contributed by atoms with Crippen molar-refractivity contribution in [2.75, 3.05) is 33.3 Å². The summed E-state index contributed by atoms with van der Waals surface area (Å²) in [6.07, 6.45) is 0.783. The van der Waals surface area contributed by atoms with Crippen LogP contribution in [-0.2, 0) is 6.54 Å². The highest BCUT2D eigenvalue weighted by molar-refractivity contribution is 5.94. The average molecular weight is 408 g/mol. The zero-order valence-corrected chi connectivity index (χ0v) is 16.1. The Morgan fingerprint density at radius 1 is 1.07 bits per heavy atom. The molecule has 1 aliphatic heterocycles. The second-order valence-electron chi connectivity index (χ2n) is 6.80. The maximum Gasteiger partial charge on any atom is 0.387 e. The van der Waals surface area contributed by atoms with Crippen LogP contribution in [0.25, 0.3) is 0 Å². The van der Waals surface area contributed by atoms with Gasteiger partial charge in [0.1, 0.15) is 5.82 Å². The van der Waals surface area contributed by atoms with E-state index < -0.39 is 12.4 Å². The summed E-state index contributed by atoms with van der Waals surface area (Å²) in [7, 11) is 1.40. The van der Waals surface area contributed by atoms with Gasteiger partial charge in [0.15, 0.2) is 11.5 Å². The molecular weight excluding hydrogens is 385 g/mol. The molecule has 1 fully saturated rings. The number of rotatable bonds is 6. The van der Waals surface area contributed by atoms with Gasteiger partial charge in [0, 0.05) is 38.3 Å². The fourth-order valence-corrected chi connectivity index (χ4v) is 3.40. The summed E-state index contributed by atoms with van der Waals surface area (Å²) in [6.45, 7) is 0.230. The third-order valence-electron chi connectivity index (χ3n) is 4.80. The van der Waals surface area contributed by atoms with E-state index >= 15 is 0 Å². The molecule has 2 aromatic carbocycles. The van der Waals surface area contributed by atoms with E-state index in [9.17, 15) is 18.0 Å². The van der Waals surface area contributed by atoms with Crippen molar-refractivity contribution in [3.05, 3.63) is 59.4 Å². The second kappa shape index (κ2) is 9.65. The third-order valence-corrected chi connectivity index (χ3v) is 4.80. The van der Waals surface area contributed by atoms with Gasteiger partial charge in [-0.05, 0) is 42.3 Å². The van der Waals surface area contributed by atoms with Crippen LogP contribution in [0.5, 0.6) is 11.5 Å². The van der Waals surface area contributed by atoms with Crippen molar-refractivity contribution in [2.45, 2.75) is 19.6 Å². The maximum atomic E-state index is 13.4. The van der Waals surface area contributed by atoms with Crippen LogP contribution in [0.3, 0.4) is 0 Å². The standard InChI is InChI=1S/C21H23F3N2O3/c1-28-19-12-15(6-7-18(19)29-21(23)24)14-25-8-3-9-26(11-10-25)20(27)16-4-2-5-17(22)13-16/h2,4-7,12-13,21H,3,8-11,14H2,1H3. The predicted molar refractivity (Wildman–Crippen MR) is 102 cm³/mol. The maximum absolute atomic E-state index is 13.4. The lowest BCUT2D eigenvalue weighted by atomic mass is 10.2. The number of amides is 1. The molecule has 1 aliphatic rings. The topological polar surface area (TPSA) is 42.0 Å². The van der Waals surface area contributed by atoms with E-state index in [1.165, 1.54) is 31.4 Å². The Balaban J connectivity index is 1.62. The summed E-state index contributed by atoms with van der Waals surface area (Å²) in [4.78, 5) is 16.5. The van der Waals surface area contributed by atoms with Crippen LogP contribution in [-0.4, -0.2) is 55.6 Å². The normalized spacial score (nSPS) is 15.3. The Hall–Kier alpha value is -2.74. The highest BCUT2D eigenvalue weighted by Crippen LogP contribution is 2.30. The van der Waals surface area contributed by atoms with Gasteiger partial charge < -0.3 is 14.4 Å². The first-order valence-electron chi connectivity index (χ1n) is 9.35. The monoisotopic (exact) mass is 408 g/mol. The lowest BCUT2D eigenvalue weighted by Crippen LogP contribution is -2.35. The molecule has 0 spiro atoms. The van der Waals surface area contributed by atoms with Crippen LogP contribution in [0.4, 0.5) is 13.2 Å². The molecule has 29 heavy (non-hydrogen) atoms. The van der Waals surface area contributed by atoms with E-state index in [0.29, 0.717) is 31.7 Å². The molecule has 0 N–H and O–H groups in total. The Morgan fingerprint density at radius 3 is 2.62 bits per heavy atom. The van der Waals surface area contributed by atoms with Crippen LogP contribution >= 0.6 is 0 Å².